The highest BCUT2D eigenvalue weighted by atomic mass is 19.1. The summed E-state index contributed by atoms with van der Waals surface area (Å²) in [6.45, 7) is 0.597. The molecule has 0 aliphatic heterocycles. The van der Waals surface area contributed by atoms with E-state index in [1.807, 2.05) is 24.3 Å². The van der Waals surface area contributed by atoms with Crippen LogP contribution in [0.15, 0.2) is 42.5 Å². The zero-order valence-electron chi connectivity index (χ0n) is 11.6. The number of nitrogens with one attached hydrogen (secondary N) is 1. The molecule has 2 nitrogen and oxygen atoms in total. The van der Waals surface area contributed by atoms with E-state index in [9.17, 15) is 8.78 Å². The zero-order chi connectivity index (χ0) is 14.7. The third-order valence-corrected chi connectivity index (χ3v) is 3.56. The number of para-hydroxylation sites is 1. The second-order valence-corrected chi connectivity index (χ2v) is 5.25. The molecule has 4 heteroatoms. The van der Waals surface area contributed by atoms with Crippen molar-refractivity contribution in [2.75, 3.05) is 0 Å². The molecule has 0 saturated heterocycles. The lowest BCUT2D eigenvalue weighted by Gasteiger charge is -2.12. The van der Waals surface area contributed by atoms with E-state index < -0.39 is 11.6 Å². The molecule has 21 heavy (non-hydrogen) atoms. The van der Waals surface area contributed by atoms with E-state index >= 15 is 0 Å². The Kier molecular flexibility index (Phi) is 4.15. The third-order valence-electron chi connectivity index (χ3n) is 3.56. The van der Waals surface area contributed by atoms with E-state index in [1.54, 1.807) is 0 Å². The predicted octanol–water partition coefficient (Wildman–Crippen LogP) is 3.80. The highest BCUT2D eigenvalue weighted by Crippen LogP contribution is 2.24. The molecule has 3 rings (SSSR count). The van der Waals surface area contributed by atoms with Crippen molar-refractivity contribution in [1.82, 2.24) is 5.32 Å². The van der Waals surface area contributed by atoms with Crippen molar-refractivity contribution in [2.45, 2.75) is 32.0 Å². The molecule has 2 aromatic rings. The molecule has 0 atom stereocenters. The van der Waals surface area contributed by atoms with Crippen LogP contribution in [-0.4, -0.2) is 6.04 Å². The molecule has 1 N–H and O–H groups in total. The minimum Gasteiger partial charge on any atom is -0.488 e. The van der Waals surface area contributed by atoms with Crippen LogP contribution in [0.1, 0.15) is 24.0 Å². The fourth-order valence-electron chi connectivity index (χ4n) is 2.15. The van der Waals surface area contributed by atoms with E-state index in [-0.39, 0.29) is 12.2 Å². The topological polar surface area (TPSA) is 21.3 Å². The lowest BCUT2D eigenvalue weighted by Crippen LogP contribution is -2.16. The molecule has 0 radical (unpaired) electrons. The molecular weight excluding hydrogens is 272 g/mol. The number of halogens is 2. The van der Waals surface area contributed by atoms with Crippen LogP contribution in [0.2, 0.25) is 0 Å². The summed E-state index contributed by atoms with van der Waals surface area (Å²) < 4.78 is 32.8. The van der Waals surface area contributed by atoms with Crippen LogP contribution < -0.4 is 10.1 Å². The highest BCUT2D eigenvalue weighted by molar-refractivity contribution is 5.33. The molecule has 0 bridgehead atoms. The molecule has 2 aromatic carbocycles. The first-order valence-corrected chi connectivity index (χ1v) is 7.11. The van der Waals surface area contributed by atoms with Crippen LogP contribution in [0.5, 0.6) is 5.75 Å². The molecule has 0 unspecified atom stereocenters. The quantitative estimate of drug-likeness (QED) is 0.873. The SMILES string of the molecule is Fc1cccc(F)c1COc1ccccc1CNC1CC1. The Labute approximate surface area is 122 Å². The van der Waals surface area contributed by atoms with Crippen LogP contribution in [0.3, 0.4) is 0 Å². The largest absolute Gasteiger partial charge is 0.488 e. The van der Waals surface area contributed by atoms with Gasteiger partial charge in [-0.2, -0.15) is 0 Å². The van der Waals surface area contributed by atoms with Gasteiger partial charge in [0, 0.05) is 18.2 Å². The van der Waals surface area contributed by atoms with Crippen molar-refractivity contribution < 1.29 is 13.5 Å². The normalized spacial score (nSPS) is 14.2. The lowest BCUT2D eigenvalue weighted by molar-refractivity contribution is 0.289. The van der Waals surface area contributed by atoms with Gasteiger partial charge >= 0.3 is 0 Å². The maximum atomic E-state index is 13.6. The van der Waals surface area contributed by atoms with Gasteiger partial charge in [-0.1, -0.05) is 24.3 Å². The first-order valence-electron chi connectivity index (χ1n) is 7.11. The van der Waals surface area contributed by atoms with Gasteiger partial charge in [0.25, 0.3) is 0 Å². The van der Waals surface area contributed by atoms with E-state index in [2.05, 4.69) is 5.32 Å². The van der Waals surface area contributed by atoms with Crippen molar-refractivity contribution in [3.05, 3.63) is 65.2 Å². The van der Waals surface area contributed by atoms with Crippen molar-refractivity contribution in [2.24, 2.45) is 0 Å². The standard InChI is InChI=1S/C17H17F2NO/c18-15-5-3-6-16(19)14(15)11-21-17-7-2-1-4-12(17)10-20-13-8-9-13/h1-7,13,20H,8-11H2. The number of ether oxygens (including phenoxy) is 1. The van der Waals surface area contributed by atoms with Crippen LogP contribution in [0.25, 0.3) is 0 Å². The molecule has 0 amide bonds. The molecule has 0 heterocycles. The number of benzene rings is 2. The predicted molar refractivity (Wildman–Crippen MR) is 77.0 cm³/mol. The monoisotopic (exact) mass is 289 g/mol. The second kappa shape index (κ2) is 6.22. The van der Waals surface area contributed by atoms with Crippen molar-refractivity contribution >= 4 is 0 Å². The summed E-state index contributed by atoms with van der Waals surface area (Å²) in [5.41, 5.74) is 0.962. The fraction of sp³-hybridized carbons (Fsp3) is 0.294. The first-order chi connectivity index (χ1) is 10.2. The van der Waals surface area contributed by atoms with Gasteiger partial charge in [0.2, 0.25) is 0 Å². The summed E-state index contributed by atoms with van der Waals surface area (Å²) in [6.07, 6.45) is 2.42. The van der Waals surface area contributed by atoms with E-state index in [0.717, 1.165) is 5.56 Å². The Balaban J connectivity index is 1.69. The molecule has 110 valence electrons. The molecule has 1 aliphatic carbocycles. The lowest BCUT2D eigenvalue weighted by atomic mass is 10.2. The Morgan fingerprint density at radius 3 is 2.43 bits per heavy atom. The van der Waals surface area contributed by atoms with E-state index in [1.165, 1.54) is 31.0 Å². The van der Waals surface area contributed by atoms with Gasteiger partial charge in [-0.3, -0.25) is 0 Å². The Morgan fingerprint density at radius 2 is 1.71 bits per heavy atom. The number of hydrogen-bond donors (Lipinski definition) is 1. The molecule has 0 spiro atoms. The van der Waals surface area contributed by atoms with E-state index in [4.69, 9.17) is 4.74 Å². The summed E-state index contributed by atoms with van der Waals surface area (Å²) in [5, 5.41) is 3.41. The number of rotatable bonds is 6. The molecule has 1 saturated carbocycles. The van der Waals surface area contributed by atoms with Crippen LogP contribution in [-0.2, 0) is 13.2 Å². The second-order valence-electron chi connectivity index (χ2n) is 5.25. The van der Waals surface area contributed by atoms with Gasteiger partial charge in [-0.25, -0.2) is 8.78 Å². The summed E-state index contributed by atoms with van der Waals surface area (Å²) in [7, 11) is 0. The first kappa shape index (κ1) is 14.0. The van der Waals surface area contributed by atoms with Gasteiger partial charge in [-0.15, -0.1) is 0 Å². The zero-order valence-corrected chi connectivity index (χ0v) is 11.6. The van der Waals surface area contributed by atoms with Crippen molar-refractivity contribution in [1.29, 1.82) is 0 Å². The van der Waals surface area contributed by atoms with Gasteiger partial charge in [-0.05, 0) is 31.0 Å². The Bertz CT molecular complexity index is 606. The maximum absolute atomic E-state index is 13.6. The summed E-state index contributed by atoms with van der Waals surface area (Å²) in [4.78, 5) is 0. The fourth-order valence-corrected chi connectivity index (χ4v) is 2.15. The number of hydrogen-bond acceptors (Lipinski definition) is 2. The van der Waals surface area contributed by atoms with Gasteiger partial charge in [0.05, 0.1) is 5.56 Å². The van der Waals surface area contributed by atoms with E-state index in [0.29, 0.717) is 18.3 Å². The van der Waals surface area contributed by atoms with Gasteiger partial charge in [0.15, 0.2) is 0 Å². The molecule has 1 aliphatic rings. The Morgan fingerprint density at radius 1 is 1.00 bits per heavy atom. The van der Waals surface area contributed by atoms with Crippen LogP contribution >= 0.6 is 0 Å². The summed E-state index contributed by atoms with van der Waals surface area (Å²) in [5.74, 6) is -0.500. The molecule has 0 aromatic heterocycles. The smallest absolute Gasteiger partial charge is 0.132 e. The van der Waals surface area contributed by atoms with Gasteiger partial charge < -0.3 is 10.1 Å². The third kappa shape index (κ3) is 3.58. The highest BCUT2D eigenvalue weighted by Gasteiger charge is 2.20. The van der Waals surface area contributed by atoms with Crippen LogP contribution in [0, 0.1) is 11.6 Å². The van der Waals surface area contributed by atoms with Crippen LogP contribution in [0.4, 0.5) is 8.78 Å². The Hall–Kier alpha value is -1.94. The van der Waals surface area contributed by atoms with Crippen molar-refractivity contribution in [3.63, 3.8) is 0 Å². The summed E-state index contributed by atoms with van der Waals surface area (Å²) in [6, 6.07) is 12.0. The van der Waals surface area contributed by atoms with Gasteiger partial charge in [0.1, 0.15) is 24.0 Å². The van der Waals surface area contributed by atoms with Crippen molar-refractivity contribution in [3.8, 4) is 5.75 Å². The molecule has 1 fully saturated rings. The average Bonchev–Trinajstić information content (AvgIpc) is 3.30. The molecular formula is C17H17F2NO. The summed E-state index contributed by atoms with van der Waals surface area (Å²) >= 11 is 0. The minimum absolute atomic E-state index is 0.0394. The minimum atomic E-state index is -0.580. The maximum Gasteiger partial charge on any atom is 0.132 e. The average molecular weight is 289 g/mol.